The Morgan fingerprint density at radius 3 is 2.50 bits per heavy atom. The second kappa shape index (κ2) is 3.31. The summed E-state index contributed by atoms with van der Waals surface area (Å²) in [5.41, 5.74) is 0. The largest absolute Gasteiger partial charge is 0.303 e. The van der Waals surface area contributed by atoms with E-state index in [0.29, 0.717) is 0 Å². The highest BCUT2D eigenvalue weighted by molar-refractivity contribution is 6.17. The Bertz CT molecular complexity index is 61.5. The molecule has 1 saturated heterocycles. The standard InChI is InChI=1S/C6H12ClN/c7-3-1-4-8-5-2-6-8/h1-6H2. The Hall–Kier alpha value is 0.250. The molecule has 0 aromatic heterocycles. The molecule has 0 unspecified atom stereocenters. The second-order valence-corrected chi connectivity index (χ2v) is 2.62. The molecule has 0 N–H and O–H groups in total. The van der Waals surface area contributed by atoms with Crippen LogP contribution in [-0.2, 0) is 0 Å². The van der Waals surface area contributed by atoms with Crippen molar-refractivity contribution in [2.24, 2.45) is 0 Å². The first-order valence-electron chi connectivity index (χ1n) is 3.22. The van der Waals surface area contributed by atoms with Crippen LogP contribution in [0.25, 0.3) is 0 Å². The van der Waals surface area contributed by atoms with Gasteiger partial charge in [0, 0.05) is 5.88 Å². The van der Waals surface area contributed by atoms with Crippen molar-refractivity contribution in [2.75, 3.05) is 25.5 Å². The first-order chi connectivity index (χ1) is 3.93. The predicted molar refractivity (Wildman–Crippen MR) is 36.4 cm³/mol. The fraction of sp³-hybridized carbons (Fsp3) is 1.00. The molecular weight excluding hydrogens is 122 g/mol. The molecule has 0 atom stereocenters. The summed E-state index contributed by atoms with van der Waals surface area (Å²) < 4.78 is 0. The third-order valence-electron chi connectivity index (χ3n) is 1.56. The zero-order chi connectivity index (χ0) is 5.82. The highest BCUT2D eigenvalue weighted by atomic mass is 35.5. The van der Waals surface area contributed by atoms with Gasteiger partial charge < -0.3 is 4.90 Å². The van der Waals surface area contributed by atoms with E-state index < -0.39 is 0 Å². The van der Waals surface area contributed by atoms with Crippen LogP contribution in [0.2, 0.25) is 0 Å². The normalized spacial score (nSPS) is 20.6. The lowest BCUT2D eigenvalue weighted by Gasteiger charge is -2.30. The predicted octanol–water partition coefficient (Wildman–Crippen LogP) is 1.32. The Balaban J connectivity index is 1.86. The topological polar surface area (TPSA) is 3.24 Å². The highest BCUT2D eigenvalue weighted by Gasteiger charge is 2.11. The van der Waals surface area contributed by atoms with Crippen molar-refractivity contribution in [3.63, 3.8) is 0 Å². The van der Waals surface area contributed by atoms with Gasteiger partial charge in [-0.3, -0.25) is 0 Å². The molecule has 48 valence electrons. The zero-order valence-corrected chi connectivity index (χ0v) is 5.82. The van der Waals surface area contributed by atoms with Crippen LogP contribution < -0.4 is 0 Å². The van der Waals surface area contributed by atoms with Gasteiger partial charge in [0.15, 0.2) is 0 Å². The maximum atomic E-state index is 5.50. The summed E-state index contributed by atoms with van der Waals surface area (Å²) in [6.45, 7) is 3.82. The van der Waals surface area contributed by atoms with Gasteiger partial charge in [-0.1, -0.05) is 0 Å². The van der Waals surface area contributed by atoms with Crippen LogP contribution in [0.3, 0.4) is 0 Å². The van der Waals surface area contributed by atoms with E-state index in [9.17, 15) is 0 Å². The Kier molecular flexibility index (Phi) is 2.64. The van der Waals surface area contributed by atoms with Gasteiger partial charge in [-0.2, -0.15) is 0 Å². The molecule has 1 rings (SSSR count). The smallest absolute Gasteiger partial charge is 0.0235 e. The lowest BCUT2D eigenvalue weighted by molar-refractivity contribution is 0.182. The maximum absolute atomic E-state index is 5.50. The van der Waals surface area contributed by atoms with Crippen molar-refractivity contribution in [2.45, 2.75) is 12.8 Å². The van der Waals surface area contributed by atoms with Gasteiger partial charge in [-0.25, -0.2) is 0 Å². The molecule has 0 spiro atoms. The number of halogens is 1. The second-order valence-electron chi connectivity index (χ2n) is 2.24. The van der Waals surface area contributed by atoms with Gasteiger partial charge in [0.05, 0.1) is 0 Å². The van der Waals surface area contributed by atoms with Crippen LogP contribution >= 0.6 is 11.6 Å². The molecular formula is C6H12ClN. The summed E-state index contributed by atoms with van der Waals surface area (Å²) in [4.78, 5) is 2.43. The number of hydrogen-bond donors (Lipinski definition) is 0. The van der Waals surface area contributed by atoms with Crippen molar-refractivity contribution in [1.29, 1.82) is 0 Å². The minimum absolute atomic E-state index is 0.816. The summed E-state index contributed by atoms with van der Waals surface area (Å²) in [5, 5.41) is 0. The molecule has 0 bridgehead atoms. The minimum atomic E-state index is 0.816. The average Bonchev–Trinajstić information content (AvgIpc) is 1.63. The van der Waals surface area contributed by atoms with Crippen molar-refractivity contribution < 1.29 is 0 Å². The van der Waals surface area contributed by atoms with Crippen molar-refractivity contribution in [1.82, 2.24) is 4.90 Å². The molecule has 1 heterocycles. The fourth-order valence-corrected chi connectivity index (χ4v) is 1.01. The van der Waals surface area contributed by atoms with Crippen LogP contribution in [0.15, 0.2) is 0 Å². The average molecular weight is 134 g/mol. The van der Waals surface area contributed by atoms with Crippen LogP contribution in [-0.4, -0.2) is 30.4 Å². The van der Waals surface area contributed by atoms with Crippen molar-refractivity contribution >= 4 is 11.6 Å². The van der Waals surface area contributed by atoms with Crippen molar-refractivity contribution in [3.8, 4) is 0 Å². The number of rotatable bonds is 3. The molecule has 0 radical (unpaired) electrons. The summed E-state index contributed by atoms with van der Waals surface area (Å²) in [6.07, 6.45) is 2.55. The summed E-state index contributed by atoms with van der Waals surface area (Å²) in [7, 11) is 0. The minimum Gasteiger partial charge on any atom is -0.303 e. The fourth-order valence-electron chi connectivity index (χ4n) is 0.889. The van der Waals surface area contributed by atoms with E-state index in [1.807, 2.05) is 0 Å². The van der Waals surface area contributed by atoms with Crippen molar-refractivity contribution in [3.05, 3.63) is 0 Å². The number of nitrogens with zero attached hydrogens (tertiary/aromatic N) is 1. The first kappa shape index (κ1) is 6.37. The van der Waals surface area contributed by atoms with Crippen LogP contribution in [0.1, 0.15) is 12.8 Å². The maximum Gasteiger partial charge on any atom is 0.0235 e. The Morgan fingerprint density at radius 2 is 2.12 bits per heavy atom. The molecule has 1 aliphatic rings. The third kappa shape index (κ3) is 1.64. The molecule has 8 heavy (non-hydrogen) atoms. The lowest BCUT2D eigenvalue weighted by Crippen LogP contribution is -2.37. The molecule has 0 saturated carbocycles. The van der Waals surface area contributed by atoms with E-state index in [1.54, 1.807) is 0 Å². The van der Waals surface area contributed by atoms with Gasteiger partial charge in [0.1, 0.15) is 0 Å². The molecule has 1 nitrogen and oxygen atoms in total. The quantitative estimate of drug-likeness (QED) is 0.525. The molecule has 1 fully saturated rings. The summed E-state index contributed by atoms with van der Waals surface area (Å²) >= 11 is 5.50. The third-order valence-corrected chi connectivity index (χ3v) is 1.82. The monoisotopic (exact) mass is 133 g/mol. The van der Waals surface area contributed by atoms with E-state index >= 15 is 0 Å². The summed E-state index contributed by atoms with van der Waals surface area (Å²) in [5.74, 6) is 0.816. The van der Waals surface area contributed by atoms with Crippen LogP contribution in [0.4, 0.5) is 0 Å². The van der Waals surface area contributed by atoms with Gasteiger partial charge in [-0.05, 0) is 32.5 Å². The molecule has 1 aliphatic heterocycles. The number of likely N-dealkylation sites (tertiary alicyclic amines) is 1. The van der Waals surface area contributed by atoms with Crippen LogP contribution in [0.5, 0.6) is 0 Å². The molecule has 0 aromatic rings. The van der Waals surface area contributed by atoms with E-state index in [4.69, 9.17) is 11.6 Å². The number of alkyl halides is 1. The molecule has 0 amide bonds. The highest BCUT2D eigenvalue weighted by Crippen LogP contribution is 2.05. The first-order valence-corrected chi connectivity index (χ1v) is 3.75. The number of hydrogen-bond acceptors (Lipinski definition) is 1. The molecule has 0 aliphatic carbocycles. The Morgan fingerprint density at radius 1 is 1.38 bits per heavy atom. The van der Waals surface area contributed by atoms with E-state index in [0.717, 1.165) is 12.3 Å². The van der Waals surface area contributed by atoms with E-state index in [2.05, 4.69) is 4.90 Å². The SMILES string of the molecule is ClCCCN1CCC1. The van der Waals surface area contributed by atoms with Gasteiger partial charge in [0.2, 0.25) is 0 Å². The lowest BCUT2D eigenvalue weighted by atomic mass is 10.2. The molecule has 0 aromatic carbocycles. The van der Waals surface area contributed by atoms with E-state index in [-0.39, 0.29) is 0 Å². The van der Waals surface area contributed by atoms with Gasteiger partial charge >= 0.3 is 0 Å². The van der Waals surface area contributed by atoms with E-state index in [1.165, 1.54) is 26.1 Å². The molecule has 2 heteroatoms. The Labute approximate surface area is 55.6 Å². The van der Waals surface area contributed by atoms with Gasteiger partial charge in [0.25, 0.3) is 0 Å². The zero-order valence-electron chi connectivity index (χ0n) is 5.07. The van der Waals surface area contributed by atoms with Crippen LogP contribution in [0, 0.1) is 0 Å². The van der Waals surface area contributed by atoms with Gasteiger partial charge in [-0.15, -0.1) is 11.6 Å². The summed E-state index contributed by atoms with van der Waals surface area (Å²) in [6, 6.07) is 0.